The van der Waals surface area contributed by atoms with E-state index in [1.54, 1.807) is 12.1 Å². The Balaban J connectivity index is 1.56. The Kier molecular flexibility index (Phi) is 4.01. The molecule has 0 saturated carbocycles. The molecule has 6 heteroatoms. The highest BCUT2D eigenvalue weighted by atomic mass is 32.2. The zero-order valence-corrected chi connectivity index (χ0v) is 14.7. The second-order valence-corrected chi connectivity index (χ2v) is 8.03. The molecule has 0 aromatic heterocycles. The number of hydrogen-bond acceptors (Lipinski definition) is 4. The first-order valence-corrected chi connectivity index (χ1v) is 9.71. The Morgan fingerprint density at radius 1 is 1.04 bits per heavy atom. The van der Waals surface area contributed by atoms with E-state index in [9.17, 15) is 8.42 Å². The molecule has 130 valence electrons. The molecule has 0 radical (unpaired) electrons. The molecule has 1 unspecified atom stereocenters. The van der Waals surface area contributed by atoms with Gasteiger partial charge in [-0.05, 0) is 54.7 Å². The summed E-state index contributed by atoms with van der Waals surface area (Å²) in [5, 5.41) is 0. The Morgan fingerprint density at radius 3 is 2.72 bits per heavy atom. The third kappa shape index (κ3) is 3.15. The Hall–Kier alpha value is -2.31. The minimum Gasteiger partial charge on any atom is -0.454 e. The molecule has 1 N–H and O–H groups in total. The van der Waals surface area contributed by atoms with E-state index < -0.39 is 10.0 Å². The van der Waals surface area contributed by atoms with Crippen LogP contribution >= 0.6 is 0 Å². The number of sulfonamides is 1. The molecule has 0 saturated heterocycles. The van der Waals surface area contributed by atoms with Crippen LogP contribution in [0.2, 0.25) is 0 Å². The molecule has 5 nitrogen and oxygen atoms in total. The summed E-state index contributed by atoms with van der Waals surface area (Å²) < 4.78 is 39.0. The van der Waals surface area contributed by atoms with Crippen molar-refractivity contribution in [3.63, 3.8) is 0 Å². The minimum atomic E-state index is -3.55. The summed E-state index contributed by atoms with van der Waals surface area (Å²) in [5.74, 6) is 1.33. The summed E-state index contributed by atoms with van der Waals surface area (Å²) in [6, 6.07) is 13.0. The number of fused-ring (bicyclic) bond motifs is 2. The number of allylic oxidation sites excluding steroid dienone is 1. The molecule has 1 aliphatic carbocycles. The maximum Gasteiger partial charge on any atom is 0.237 e. The van der Waals surface area contributed by atoms with Gasteiger partial charge in [0.2, 0.25) is 16.8 Å². The summed E-state index contributed by atoms with van der Waals surface area (Å²) in [7, 11) is -3.55. The number of hydrogen-bond donors (Lipinski definition) is 1. The molecule has 1 aliphatic heterocycles. The Bertz CT molecular complexity index is 950. The topological polar surface area (TPSA) is 64.6 Å². The van der Waals surface area contributed by atoms with Gasteiger partial charge in [0.1, 0.15) is 0 Å². The van der Waals surface area contributed by atoms with Gasteiger partial charge in [0.15, 0.2) is 11.5 Å². The molecule has 1 heterocycles. The van der Waals surface area contributed by atoms with Gasteiger partial charge < -0.3 is 9.47 Å². The van der Waals surface area contributed by atoms with E-state index in [1.807, 2.05) is 43.3 Å². The molecule has 2 aromatic rings. The molecular weight excluding hydrogens is 338 g/mol. The first kappa shape index (κ1) is 16.2. The van der Waals surface area contributed by atoms with Crippen LogP contribution < -0.4 is 14.2 Å². The molecule has 1 atom stereocenters. The molecule has 4 rings (SSSR count). The maximum atomic E-state index is 12.8. The van der Waals surface area contributed by atoms with Crippen LogP contribution in [-0.2, 0) is 16.4 Å². The van der Waals surface area contributed by atoms with E-state index in [0.29, 0.717) is 22.8 Å². The van der Waals surface area contributed by atoms with Gasteiger partial charge in [0, 0.05) is 6.04 Å². The lowest BCUT2D eigenvalue weighted by Gasteiger charge is -2.20. The second-order valence-electron chi connectivity index (χ2n) is 6.27. The molecule has 0 spiro atoms. The normalized spacial score (nSPS) is 16.9. The monoisotopic (exact) mass is 357 g/mol. The van der Waals surface area contributed by atoms with Gasteiger partial charge in [0.25, 0.3) is 0 Å². The van der Waals surface area contributed by atoms with Gasteiger partial charge in [-0.25, -0.2) is 13.1 Å². The number of aryl methyl sites for hydroxylation is 1. The van der Waals surface area contributed by atoms with Crippen LogP contribution in [0, 0.1) is 0 Å². The van der Waals surface area contributed by atoms with E-state index in [2.05, 4.69) is 4.72 Å². The lowest BCUT2D eigenvalue weighted by atomic mass is 9.98. The summed E-state index contributed by atoms with van der Waals surface area (Å²) >= 11 is 0. The maximum absolute atomic E-state index is 12.8. The molecule has 2 aromatic carbocycles. The van der Waals surface area contributed by atoms with E-state index in [0.717, 1.165) is 17.5 Å². The zero-order valence-electron chi connectivity index (χ0n) is 13.9. The van der Waals surface area contributed by atoms with Crippen molar-refractivity contribution >= 4 is 16.1 Å². The SMILES string of the molecule is CC(NS(=O)(=O)C1=Cc2ccccc2CC1)c1ccc2c(c1)OCO2. The van der Waals surface area contributed by atoms with Gasteiger partial charge in [-0.1, -0.05) is 30.3 Å². The lowest BCUT2D eigenvalue weighted by molar-refractivity contribution is 0.174. The van der Waals surface area contributed by atoms with Gasteiger partial charge in [0.05, 0.1) is 4.91 Å². The van der Waals surface area contributed by atoms with Crippen LogP contribution in [0.15, 0.2) is 47.4 Å². The van der Waals surface area contributed by atoms with E-state index in [1.165, 1.54) is 5.56 Å². The van der Waals surface area contributed by atoms with Crippen LogP contribution in [0.4, 0.5) is 0 Å². The van der Waals surface area contributed by atoms with Crippen molar-refractivity contribution in [1.29, 1.82) is 0 Å². The van der Waals surface area contributed by atoms with Crippen molar-refractivity contribution in [2.24, 2.45) is 0 Å². The lowest BCUT2D eigenvalue weighted by Crippen LogP contribution is -2.28. The zero-order chi connectivity index (χ0) is 17.4. The van der Waals surface area contributed by atoms with Crippen molar-refractivity contribution in [1.82, 2.24) is 4.72 Å². The average Bonchev–Trinajstić information content (AvgIpc) is 3.08. The molecule has 0 bridgehead atoms. The predicted octanol–water partition coefficient (Wildman–Crippen LogP) is 3.38. The van der Waals surface area contributed by atoms with Crippen LogP contribution in [0.5, 0.6) is 11.5 Å². The Labute approximate surface area is 147 Å². The molecule has 0 fully saturated rings. The van der Waals surface area contributed by atoms with Crippen LogP contribution in [0.3, 0.4) is 0 Å². The van der Waals surface area contributed by atoms with Gasteiger partial charge in [-0.3, -0.25) is 0 Å². The third-order valence-electron chi connectivity index (χ3n) is 4.59. The van der Waals surface area contributed by atoms with E-state index >= 15 is 0 Å². The predicted molar refractivity (Wildman–Crippen MR) is 95.8 cm³/mol. The minimum absolute atomic E-state index is 0.200. The average molecular weight is 357 g/mol. The summed E-state index contributed by atoms with van der Waals surface area (Å²) in [4.78, 5) is 0.429. The summed E-state index contributed by atoms with van der Waals surface area (Å²) in [6.45, 7) is 2.03. The standard InChI is InChI=1S/C19H19NO4S/c1-13(15-7-9-18-19(11-15)24-12-23-18)20-25(21,22)17-8-6-14-4-2-3-5-16(14)10-17/h2-5,7,9-11,13,20H,6,8,12H2,1H3. The number of nitrogens with one attached hydrogen (secondary N) is 1. The molecule has 0 amide bonds. The first-order valence-electron chi connectivity index (χ1n) is 8.23. The summed E-state index contributed by atoms with van der Waals surface area (Å²) in [5.41, 5.74) is 3.00. The molecule has 2 aliphatic rings. The fourth-order valence-corrected chi connectivity index (χ4v) is 4.58. The highest BCUT2D eigenvalue weighted by Crippen LogP contribution is 2.34. The van der Waals surface area contributed by atoms with Crippen molar-refractivity contribution < 1.29 is 17.9 Å². The number of benzene rings is 2. The number of ether oxygens (including phenoxy) is 2. The van der Waals surface area contributed by atoms with Gasteiger partial charge >= 0.3 is 0 Å². The fraction of sp³-hybridized carbons (Fsp3) is 0.263. The van der Waals surface area contributed by atoms with E-state index in [-0.39, 0.29) is 12.8 Å². The van der Waals surface area contributed by atoms with Crippen LogP contribution in [0.1, 0.15) is 36.1 Å². The molecular formula is C19H19NO4S. The highest BCUT2D eigenvalue weighted by Gasteiger charge is 2.25. The molecule has 25 heavy (non-hydrogen) atoms. The quantitative estimate of drug-likeness (QED) is 0.911. The van der Waals surface area contributed by atoms with E-state index in [4.69, 9.17) is 9.47 Å². The third-order valence-corrected chi connectivity index (χ3v) is 6.26. The first-order chi connectivity index (χ1) is 12.0. The smallest absolute Gasteiger partial charge is 0.237 e. The van der Waals surface area contributed by atoms with Gasteiger partial charge in [-0.2, -0.15) is 0 Å². The van der Waals surface area contributed by atoms with Crippen molar-refractivity contribution in [2.75, 3.05) is 6.79 Å². The summed E-state index contributed by atoms with van der Waals surface area (Å²) in [6.07, 6.45) is 3.02. The highest BCUT2D eigenvalue weighted by molar-refractivity contribution is 7.93. The largest absolute Gasteiger partial charge is 0.454 e. The van der Waals surface area contributed by atoms with Gasteiger partial charge in [-0.15, -0.1) is 0 Å². The van der Waals surface area contributed by atoms with Crippen LogP contribution in [0.25, 0.3) is 6.08 Å². The van der Waals surface area contributed by atoms with Crippen molar-refractivity contribution in [3.8, 4) is 11.5 Å². The van der Waals surface area contributed by atoms with Crippen LogP contribution in [-0.4, -0.2) is 15.2 Å². The van der Waals surface area contributed by atoms with Crippen molar-refractivity contribution in [2.45, 2.75) is 25.8 Å². The number of rotatable bonds is 4. The second kappa shape index (κ2) is 6.20. The fourth-order valence-electron chi connectivity index (χ4n) is 3.18. The van der Waals surface area contributed by atoms with Crippen molar-refractivity contribution in [3.05, 3.63) is 64.1 Å². The Morgan fingerprint density at radius 2 is 1.84 bits per heavy atom.